The van der Waals surface area contributed by atoms with Crippen molar-refractivity contribution in [3.8, 4) is 0 Å². The molecule has 1 unspecified atom stereocenters. The van der Waals surface area contributed by atoms with Gasteiger partial charge < -0.3 is 15.3 Å². The van der Waals surface area contributed by atoms with E-state index in [0.717, 1.165) is 38.3 Å². The third-order valence-electron chi connectivity index (χ3n) is 3.38. The first-order chi connectivity index (χ1) is 7.49. The van der Waals surface area contributed by atoms with Gasteiger partial charge in [-0.3, -0.25) is 0 Å². The molecule has 1 atom stereocenters. The molecule has 0 bridgehead atoms. The van der Waals surface area contributed by atoms with Gasteiger partial charge in [-0.05, 0) is 45.8 Å². The molecule has 0 aromatic heterocycles. The van der Waals surface area contributed by atoms with Crippen LogP contribution in [0.5, 0.6) is 0 Å². The SMILES string of the molecule is CCC(CO)(CCCN(C)CC(C)C)NC. The summed E-state index contributed by atoms with van der Waals surface area (Å²) in [6, 6.07) is 0. The van der Waals surface area contributed by atoms with E-state index >= 15 is 0 Å². The highest BCUT2D eigenvalue weighted by molar-refractivity contribution is 4.84. The molecule has 0 rings (SSSR count). The van der Waals surface area contributed by atoms with Crippen molar-refractivity contribution in [2.24, 2.45) is 5.92 Å². The van der Waals surface area contributed by atoms with Crippen molar-refractivity contribution < 1.29 is 5.11 Å². The molecule has 0 aliphatic rings. The lowest BCUT2D eigenvalue weighted by Gasteiger charge is -2.31. The third-order valence-corrected chi connectivity index (χ3v) is 3.38. The van der Waals surface area contributed by atoms with Crippen molar-refractivity contribution >= 4 is 0 Å². The van der Waals surface area contributed by atoms with Gasteiger partial charge in [-0.15, -0.1) is 0 Å². The molecule has 16 heavy (non-hydrogen) atoms. The van der Waals surface area contributed by atoms with Gasteiger partial charge in [-0.2, -0.15) is 0 Å². The molecule has 2 N–H and O–H groups in total. The van der Waals surface area contributed by atoms with Crippen LogP contribution in [0.2, 0.25) is 0 Å². The normalized spacial score (nSPS) is 15.8. The van der Waals surface area contributed by atoms with Gasteiger partial charge in [-0.25, -0.2) is 0 Å². The van der Waals surface area contributed by atoms with Gasteiger partial charge in [0.05, 0.1) is 6.61 Å². The molecule has 0 aliphatic heterocycles. The molecule has 0 radical (unpaired) electrons. The lowest BCUT2D eigenvalue weighted by molar-refractivity contribution is 0.147. The molecular weight excluding hydrogens is 200 g/mol. The van der Waals surface area contributed by atoms with E-state index in [2.05, 4.69) is 38.0 Å². The summed E-state index contributed by atoms with van der Waals surface area (Å²) in [5.74, 6) is 0.725. The molecule has 3 heteroatoms. The molecule has 3 nitrogen and oxygen atoms in total. The van der Waals surface area contributed by atoms with Gasteiger partial charge in [-0.1, -0.05) is 20.8 Å². The fourth-order valence-corrected chi connectivity index (χ4v) is 2.15. The minimum absolute atomic E-state index is 0.0708. The molecule has 0 aromatic carbocycles. The second-order valence-electron chi connectivity index (χ2n) is 5.30. The van der Waals surface area contributed by atoms with Crippen molar-refractivity contribution in [1.29, 1.82) is 0 Å². The zero-order chi connectivity index (χ0) is 12.6. The van der Waals surface area contributed by atoms with E-state index < -0.39 is 0 Å². The Morgan fingerprint density at radius 2 is 2.00 bits per heavy atom. The van der Waals surface area contributed by atoms with Crippen LogP contribution in [0.1, 0.15) is 40.0 Å². The Kier molecular flexibility index (Phi) is 7.98. The first-order valence-corrected chi connectivity index (χ1v) is 6.48. The highest BCUT2D eigenvalue weighted by Crippen LogP contribution is 2.16. The Labute approximate surface area is 101 Å². The number of aliphatic hydroxyl groups excluding tert-OH is 1. The van der Waals surface area contributed by atoms with Gasteiger partial charge in [0.2, 0.25) is 0 Å². The van der Waals surface area contributed by atoms with Crippen molar-refractivity contribution in [1.82, 2.24) is 10.2 Å². The van der Waals surface area contributed by atoms with E-state index in [0.29, 0.717) is 0 Å². The minimum atomic E-state index is -0.0708. The summed E-state index contributed by atoms with van der Waals surface area (Å²) >= 11 is 0. The van der Waals surface area contributed by atoms with Crippen LogP contribution in [0.3, 0.4) is 0 Å². The smallest absolute Gasteiger partial charge is 0.0613 e. The maximum absolute atomic E-state index is 9.41. The topological polar surface area (TPSA) is 35.5 Å². The van der Waals surface area contributed by atoms with E-state index in [4.69, 9.17) is 0 Å². The van der Waals surface area contributed by atoms with E-state index in [1.54, 1.807) is 0 Å². The highest BCUT2D eigenvalue weighted by Gasteiger charge is 2.24. The van der Waals surface area contributed by atoms with Gasteiger partial charge in [0.25, 0.3) is 0 Å². The molecular formula is C13H30N2O. The maximum atomic E-state index is 9.41. The predicted octanol–water partition coefficient (Wildman–Crippen LogP) is 1.71. The van der Waals surface area contributed by atoms with Crippen LogP contribution in [0.4, 0.5) is 0 Å². The summed E-state index contributed by atoms with van der Waals surface area (Å²) in [6.45, 7) is 9.11. The zero-order valence-corrected chi connectivity index (χ0v) is 11.7. The van der Waals surface area contributed by atoms with Gasteiger partial charge in [0.1, 0.15) is 0 Å². The molecule has 0 fully saturated rings. The van der Waals surface area contributed by atoms with E-state index in [1.807, 2.05) is 7.05 Å². The predicted molar refractivity (Wildman–Crippen MR) is 70.7 cm³/mol. The van der Waals surface area contributed by atoms with E-state index in [9.17, 15) is 5.11 Å². The van der Waals surface area contributed by atoms with Crippen molar-refractivity contribution in [2.75, 3.05) is 33.8 Å². The number of aliphatic hydroxyl groups is 1. The van der Waals surface area contributed by atoms with Crippen LogP contribution in [-0.4, -0.2) is 49.3 Å². The Morgan fingerprint density at radius 1 is 1.38 bits per heavy atom. The highest BCUT2D eigenvalue weighted by atomic mass is 16.3. The monoisotopic (exact) mass is 230 g/mol. The molecule has 0 spiro atoms. The largest absolute Gasteiger partial charge is 0.394 e. The fourth-order valence-electron chi connectivity index (χ4n) is 2.15. The van der Waals surface area contributed by atoms with Crippen molar-refractivity contribution in [3.05, 3.63) is 0 Å². The Balaban J connectivity index is 3.86. The first-order valence-electron chi connectivity index (χ1n) is 6.48. The Hall–Kier alpha value is -0.120. The van der Waals surface area contributed by atoms with E-state index in [1.165, 1.54) is 0 Å². The van der Waals surface area contributed by atoms with Crippen LogP contribution in [0.15, 0.2) is 0 Å². The van der Waals surface area contributed by atoms with Crippen molar-refractivity contribution in [2.45, 2.75) is 45.6 Å². The molecule has 0 amide bonds. The summed E-state index contributed by atoms with van der Waals surface area (Å²) in [5, 5.41) is 12.7. The van der Waals surface area contributed by atoms with Crippen LogP contribution in [0.25, 0.3) is 0 Å². The Morgan fingerprint density at radius 3 is 2.38 bits per heavy atom. The van der Waals surface area contributed by atoms with Crippen LogP contribution in [-0.2, 0) is 0 Å². The third kappa shape index (κ3) is 5.83. The average molecular weight is 230 g/mol. The van der Waals surface area contributed by atoms with Crippen LogP contribution in [0, 0.1) is 5.92 Å². The van der Waals surface area contributed by atoms with Gasteiger partial charge in [0, 0.05) is 12.1 Å². The van der Waals surface area contributed by atoms with Gasteiger partial charge in [0.15, 0.2) is 0 Å². The summed E-state index contributed by atoms with van der Waals surface area (Å²) in [6.07, 6.45) is 3.16. The van der Waals surface area contributed by atoms with Crippen LogP contribution < -0.4 is 5.32 Å². The van der Waals surface area contributed by atoms with E-state index in [-0.39, 0.29) is 12.1 Å². The van der Waals surface area contributed by atoms with Gasteiger partial charge >= 0.3 is 0 Å². The summed E-state index contributed by atoms with van der Waals surface area (Å²) < 4.78 is 0. The second-order valence-corrected chi connectivity index (χ2v) is 5.30. The number of nitrogens with one attached hydrogen (secondary N) is 1. The molecule has 0 heterocycles. The molecule has 0 aromatic rings. The zero-order valence-electron chi connectivity index (χ0n) is 11.7. The molecule has 98 valence electrons. The number of hydrogen-bond donors (Lipinski definition) is 2. The summed E-state index contributed by atoms with van der Waals surface area (Å²) in [5.41, 5.74) is -0.0708. The number of likely N-dealkylation sites (N-methyl/N-ethyl adjacent to an activating group) is 1. The minimum Gasteiger partial charge on any atom is -0.394 e. The lowest BCUT2D eigenvalue weighted by Crippen LogP contribution is -2.46. The number of nitrogens with zero attached hydrogens (tertiary/aromatic N) is 1. The fraction of sp³-hybridized carbons (Fsp3) is 1.00. The number of hydrogen-bond acceptors (Lipinski definition) is 3. The standard InChI is InChI=1S/C13H30N2O/c1-6-13(11-16,14-4)8-7-9-15(5)10-12(2)3/h12,14,16H,6-11H2,1-5H3. The number of rotatable bonds is 9. The molecule has 0 aliphatic carbocycles. The average Bonchev–Trinajstić information content (AvgIpc) is 2.24. The molecule has 0 saturated heterocycles. The maximum Gasteiger partial charge on any atom is 0.0613 e. The van der Waals surface area contributed by atoms with Crippen molar-refractivity contribution in [3.63, 3.8) is 0 Å². The summed E-state index contributed by atoms with van der Waals surface area (Å²) in [7, 11) is 4.11. The molecule has 0 saturated carbocycles. The summed E-state index contributed by atoms with van der Waals surface area (Å²) in [4.78, 5) is 2.37. The van der Waals surface area contributed by atoms with Crippen LogP contribution >= 0.6 is 0 Å². The lowest BCUT2D eigenvalue weighted by atomic mass is 9.91. The quantitative estimate of drug-likeness (QED) is 0.633. The first kappa shape index (κ1) is 15.9. The second kappa shape index (κ2) is 8.04. The Bertz CT molecular complexity index is 159.